The van der Waals surface area contributed by atoms with Crippen molar-refractivity contribution in [3.8, 4) is 5.75 Å². The number of halogens is 1. The maximum Gasteiger partial charge on any atom is 0.230 e. The molecule has 0 heterocycles. The van der Waals surface area contributed by atoms with Gasteiger partial charge >= 0.3 is 0 Å². The van der Waals surface area contributed by atoms with Crippen molar-refractivity contribution in [1.82, 2.24) is 15.5 Å². The second-order valence-electron chi connectivity index (χ2n) is 7.15. The van der Waals surface area contributed by atoms with Gasteiger partial charge in [-0.25, -0.2) is 0 Å². The fourth-order valence-electron chi connectivity index (χ4n) is 3.51. The number of benzene rings is 1. The lowest BCUT2D eigenvalue weighted by atomic mass is 9.84. The highest BCUT2D eigenvalue weighted by Crippen LogP contribution is 2.38. The van der Waals surface area contributed by atoms with E-state index in [-0.39, 0.29) is 35.3 Å². The third-order valence-corrected chi connectivity index (χ3v) is 4.98. The number of para-hydroxylation sites is 1. The van der Waals surface area contributed by atoms with Crippen LogP contribution in [-0.4, -0.2) is 57.6 Å². The van der Waals surface area contributed by atoms with E-state index in [1.54, 1.807) is 11.9 Å². The number of hydrogen-bond acceptors (Lipinski definition) is 3. The van der Waals surface area contributed by atoms with E-state index in [1.807, 2.05) is 45.3 Å². The van der Waals surface area contributed by atoms with E-state index in [9.17, 15) is 4.79 Å². The van der Waals surface area contributed by atoms with Gasteiger partial charge in [-0.3, -0.25) is 9.79 Å². The van der Waals surface area contributed by atoms with Gasteiger partial charge in [0.1, 0.15) is 12.4 Å². The van der Waals surface area contributed by atoms with E-state index in [1.165, 1.54) is 0 Å². The molecule has 0 atom stereocenters. The minimum Gasteiger partial charge on any atom is -0.491 e. The molecule has 0 saturated heterocycles. The van der Waals surface area contributed by atoms with Crippen LogP contribution in [0.1, 0.15) is 31.2 Å². The first-order valence-corrected chi connectivity index (χ1v) is 9.33. The van der Waals surface area contributed by atoms with Crippen molar-refractivity contribution in [2.24, 2.45) is 10.4 Å². The SMILES string of the molecule is CN=C(NCCOc1ccccc1C)NCC1(C(=O)N(C)C)CCCC1.I. The van der Waals surface area contributed by atoms with Gasteiger partial charge in [0.15, 0.2) is 5.96 Å². The van der Waals surface area contributed by atoms with Crippen molar-refractivity contribution in [2.75, 3.05) is 40.8 Å². The van der Waals surface area contributed by atoms with Gasteiger partial charge in [0, 0.05) is 27.7 Å². The number of carbonyl (C=O) groups is 1. The average Bonchev–Trinajstić information content (AvgIpc) is 3.11. The second-order valence-corrected chi connectivity index (χ2v) is 7.15. The monoisotopic (exact) mass is 488 g/mol. The van der Waals surface area contributed by atoms with Gasteiger partial charge in [0.05, 0.1) is 12.0 Å². The predicted molar refractivity (Wildman–Crippen MR) is 121 cm³/mol. The number of amides is 1. The molecule has 1 amide bonds. The van der Waals surface area contributed by atoms with Crippen LogP contribution in [0, 0.1) is 12.3 Å². The van der Waals surface area contributed by atoms with E-state index < -0.39 is 0 Å². The number of guanidine groups is 1. The predicted octanol–water partition coefficient (Wildman–Crippen LogP) is 2.81. The molecule has 6 nitrogen and oxygen atoms in total. The maximum absolute atomic E-state index is 12.6. The molecule has 1 saturated carbocycles. The van der Waals surface area contributed by atoms with Gasteiger partial charge in [-0.05, 0) is 31.4 Å². The molecule has 1 aromatic carbocycles. The van der Waals surface area contributed by atoms with Crippen molar-refractivity contribution in [3.05, 3.63) is 29.8 Å². The average molecular weight is 488 g/mol. The van der Waals surface area contributed by atoms with Crippen molar-refractivity contribution < 1.29 is 9.53 Å². The lowest BCUT2D eigenvalue weighted by Gasteiger charge is -2.31. The minimum atomic E-state index is -0.307. The molecular weight excluding hydrogens is 455 g/mol. The number of nitrogens with zero attached hydrogens (tertiary/aromatic N) is 2. The number of carbonyl (C=O) groups excluding carboxylic acids is 1. The van der Waals surface area contributed by atoms with Crippen LogP contribution in [0.3, 0.4) is 0 Å². The van der Waals surface area contributed by atoms with Crippen LogP contribution < -0.4 is 15.4 Å². The summed E-state index contributed by atoms with van der Waals surface area (Å²) in [5.74, 6) is 1.82. The molecule has 2 rings (SSSR count). The molecule has 0 bridgehead atoms. The van der Waals surface area contributed by atoms with E-state index in [0.29, 0.717) is 25.7 Å². The first-order valence-electron chi connectivity index (χ1n) is 9.33. The van der Waals surface area contributed by atoms with Gasteiger partial charge in [-0.1, -0.05) is 31.0 Å². The Morgan fingerprint density at radius 2 is 1.89 bits per heavy atom. The van der Waals surface area contributed by atoms with Crippen LogP contribution >= 0.6 is 24.0 Å². The van der Waals surface area contributed by atoms with E-state index >= 15 is 0 Å². The summed E-state index contributed by atoms with van der Waals surface area (Å²) in [6.07, 6.45) is 4.09. The van der Waals surface area contributed by atoms with E-state index in [0.717, 1.165) is 37.0 Å². The molecule has 1 aliphatic carbocycles. The number of rotatable bonds is 7. The molecule has 1 fully saturated rings. The van der Waals surface area contributed by atoms with Crippen LogP contribution in [0.2, 0.25) is 0 Å². The minimum absolute atomic E-state index is 0. The highest BCUT2D eigenvalue weighted by molar-refractivity contribution is 14.0. The van der Waals surface area contributed by atoms with Crippen LogP contribution in [0.5, 0.6) is 5.75 Å². The molecule has 0 spiro atoms. The highest BCUT2D eigenvalue weighted by atomic mass is 127. The van der Waals surface area contributed by atoms with Gasteiger partial charge in [0.25, 0.3) is 0 Å². The maximum atomic E-state index is 12.6. The lowest BCUT2D eigenvalue weighted by molar-refractivity contribution is -0.138. The van der Waals surface area contributed by atoms with E-state index in [4.69, 9.17) is 4.74 Å². The van der Waals surface area contributed by atoms with Gasteiger partial charge < -0.3 is 20.3 Å². The Balaban J connectivity index is 0.00000364. The second kappa shape index (κ2) is 11.4. The van der Waals surface area contributed by atoms with Gasteiger partial charge in [-0.2, -0.15) is 0 Å². The summed E-state index contributed by atoms with van der Waals surface area (Å²) >= 11 is 0. The Morgan fingerprint density at radius 1 is 1.22 bits per heavy atom. The molecule has 0 unspecified atom stereocenters. The quantitative estimate of drug-likeness (QED) is 0.268. The first-order chi connectivity index (χ1) is 12.5. The molecule has 1 aliphatic rings. The number of aryl methyl sites for hydroxylation is 1. The standard InChI is InChI=1S/C20H32N4O2.HI/c1-16-9-5-6-10-17(16)26-14-13-22-19(21-2)23-15-20(11-7-8-12-20)18(25)24(3)4;/h5-6,9-10H,7-8,11-15H2,1-4H3,(H2,21,22,23);1H. The molecule has 0 aliphatic heterocycles. The van der Waals surface area contributed by atoms with Crippen molar-refractivity contribution in [2.45, 2.75) is 32.6 Å². The van der Waals surface area contributed by atoms with Crippen LogP contribution in [0.15, 0.2) is 29.3 Å². The first kappa shape index (κ1) is 23.5. The third-order valence-electron chi connectivity index (χ3n) is 4.98. The summed E-state index contributed by atoms with van der Waals surface area (Å²) in [6.45, 7) is 3.84. The Kier molecular flexibility index (Phi) is 9.90. The molecule has 152 valence electrons. The highest BCUT2D eigenvalue weighted by Gasteiger charge is 2.42. The topological polar surface area (TPSA) is 66.0 Å². The number of hydrogen-bond donors (Lipinski definition) is 2. The Bertz CT molecular complexity index is 628. The normalized spacial score (nSPS) is 15.6. The molecular formula is C20H33IN4O2. The van der Waals surface area contributed by atoms with Crippen molar-refractivity contribution in [3.63, 3.8) is 0 Å². The lowest BCUT2D eigenvalue weighted by Crippen LogP contribution is -2.49. The third kappa shape index (κ3) is 6.55. The number of nitrogens with one attached hydrogen (secondary N) is 2. The summed E-state index contributed by atoms with van der Waals surface area (Å²) in [5, 5.41) is 6.59. The van der Waals surface area contributed by atoms with Gasteiger partial charge in [0.2, 0.25) is 5.91 Å². The van der Waals surface area contributed by atoms with Crippen molar-refractivity contribution in [1.29, 1.82) is 0 Å². The smallest absolute Gasteiger partial charge is 0.230 e. The molecule has 27 heavy (non-hydrogen) atoms. The summed E-state index contributed by atoms with van der Waals surface area (Å²) in [6, 6.07) is 7.98. The zero-order valence-electron chi connectivity index (χ0n) is 16.9. The summed E-state index contributed by atoms with van der Waals surface area (Å²) in [4.78, 5) is 18.6. The van der Waals surface area contributed by atoms with Crippen LogP contribution in [0.4, 0.5) is 0 Å². The van der Waals surface area contributed by atoms with E-state index in [2.05, 4.69) is 15.6 Å². The molecule has 1 aromatic rings. The largest absolute Gasteiger partial charge is 0.491 e. The Labute approximate surface area is 180 Å². The molecule has 0 radical (unpaired) electrons. The zero-order chi connectivity index (χ0) is 19.0. The summed E-state index contributed by atoms with van der Waals surface area (Å²) in [7, 11) is 5.41. The van der Waals surface area contributed by atoms with Crippen molar-refractivity contribution >= 4 is 35.8 Å². The summed E-state index contributed by atoms with van der Waals surface area (Å²) < 4.78 is 5.79. The van der Waals surface area contributed by atoms with Gasteiger partial charge in [-0.15, -0.1) is 24.0 Å². The molecule has 2 N–H and O–H groups in total. The molecule has 7 heteroatoms. The van der Waals surface area contributed by atoms with Crippen LogP contribution in [0.25, 0.3) is 0 Å². The number of aliphatic imine (C=N–C) groups is 1. The Morgan fingerprint density at radius 3 is 2.48 bits per heavy atom. The number of ether oxygens (including phenoxy) is 1. The molecule has 0 aromatic heterocycles. The summed E-state index contributed by atoms with van der Waals surface area (Å²) in [5.41, 5.74) is 0.819. The van der Waals surface area contributed by atoms with Crippen LogP contribution in [-0.2, 0) is 4.79 Å². The fourth-order valence-corrected chi connectivity index (χ4v) is 3.51. The Hall–Kier alpha value is -1.51. The zero-order valence-corrected chi connectivity index (χ0v) is 19.2. The fraction of sp³-hybridized carbons (Fsp3) is 0.600.